The molecule has 2 aromatic heterocycles. The lowest BCUT2D eigenvalue weighted by molar-refractivity contribution is 1.01. The maximum atomic E-state index is 11.0. The van der Waals surface area contributed by atoms with E-state index in [0.717, 1.165) is 5.39 Å². The van der Waals surface area contributed by atoms with E-state index >= 15 is 0 Å². The lowest BCUT2D eigenvalue weighted by atomic mass is 10.3. The van der Waals surface area contributed by atoms with E-state index in [2.05, 4.69) is 10.2 Å². The topological polar surface area (TPSA) is 45.8 Å². The average Bonchev–Trinajstić information content (AvgIpc) is 2.45. The molecule has 0 aliphatic heterocycles. The second-order valence-electron chi connectivity index (χ2n) is 2.04. The minimum atomic E-state index is -0.189. The quantitative estimate of drug-likeness (QED) is 0.680. The van der Waals surface area contributed by atoms with Crippen molar-refractivity contribution in [1.29, 1.82) is 0 Å². The fourth-order valence-electron chi connectivity index (χ4n) is 0.853. The highest BCUT2D eigenvalue weighted by atomic mass is 35.5. The standard InChI is InChI=1S/C6H3ClN2OS/c7-5-3-1-11-2-4(3)6(10)9-8-5/h1-2H,(H,9,10). The van der Waals surface area contributed by atoms with Crippen LogP contribution in [0.5, 0.6) is 0 Å². The Morgan fingerprint density at radius 1 is 1.45 bits per heavy atom. The zero-order valence-corrected chi connectivity index (χ0v) is 6.87. The molecule has 5 heteroatoms. The van der Waals surface area contributed by atoms with Crippen LogP contribution in [0, 0.1) is 0 Å². The fourth-order valence-corrected chi connectivity index (χ4v) is 1.93. The molecule has 2 rings (SSSR count). The number of aromatic amines is 1. The molecule has 3 nitrogen and oxygen atoms in total. The molecule has 0 aromatic carbocycles. The number of fused-ring (bicyclic) bond motifs is 1. The molecule has 0 spiro atoms. The van der Waals surface area contributed by atoms with Crippen molar-refractivity contribution in [2.24, 2.45) is 0 Å². The first-order valence-electron chi connectivity index (χ1n) is 2.89. The predicted octanol–water partition coefficient (Wildman–Crippen LogP) is 1.64. The van der Waals surface area contributed by atoms with Crippen molar-refractivity contribution in [3.8, 4) is 0 Å². The fraction of sp³-hybridized carbons (Fsp3) is 0. The van der Waals surface area contributed by atoms with Gasteiger partial charge in [0.2, 0.25) is 0 Å². The molecule has 56 valence electrons. The van der Waals surface area contributed by atoms with Crippen LogP contribution in [-0.2, 0) is 0 Å². The molecule has 0 saturated heterocycles. The average molecular weight is 187 g/mol. The summed E-state index contributed by atoms with van der Waals surface area (Å²) in [5, 5.41) is 11.1. The second kappa shape index (κ2) is 2.32. The Kier molecular flexibility index (Phi) is 1.44. The minimum absolute atomic E-state index is 0.189. The monoisotopic (exact) mass is 186 g/mol. The van der Waals surface area contributed by atoms with Gasteiger partial charge in [0.15, 0.2) is 5.15 Å². The number of H-pyrrole nitrogens is 1. The summed E-state index contributed by atoms with van der Waals surface area (Å²) < 4.78 is 0. The highest BCUT2D eigenvalue weighted by Gasteiger charge is 2.03. The van der Waals surface area contributed by atoms with Gasteiger partial charge in [-0.05, 0) is 0 Å². The molecule has 0 bridgehead atoms. The maximum Gasteiger partial charge on any atom is 0.272 e. The van der Waals surface area contributed by atoms with Crippen LogP contribution in [-0.4, -0.2) is 10.2 Å². The van der Waals surface area contributed by atoms with Gasteiger partial charge in [-0.2, -0.15) is 16.4 Å². The van der Waals surface area contributed by atoms with Crippen molar-refractivity contribution in [3.63, 3.8) is 0 Å². The number of nitrogens with one attached hydrogen (secondary N) is 1. The van der Waals surface area contributed by atoms with Crippen LogP contribution < -0.4 is 5.56 Å². The van der Waals surface area contributed by atoms with Crippen LogP contribution in [0.4, 0.5) is 0 Å². The molecule has 2 heterocycles. The van der Waals surface area contributed by atoms with Gasteiger partial charge in [-0.1, -0.05) is 11.6 Å². The molecule has 0 aliphatic rings. The van der Waals surface area contributed by atoms with E-state index in [1.54, 1.807) is 10.8 Å². The number of nitrogens with zero attached hydrogens (tertiary/aromatic N) is 1. The van der Waals surface area contributed by atoms with Crippen LogP contribution in [0.1, 0.15) is 0 Å². The van der Waals surface area contributed by atoms with Crippen molar-refractivity contribution in [3.05, 3.63) is 26.3 Å². The Hall–Kier alpha value is -0.870. The lowest BCUT2D eigenvalue weighted by Crippen LogP contribution is -2.06. The van der Waals surface area contributed by atoms with Crippen molar-refractivity contribution in [2.45, 2.75) is 0 Å². The van der Waals surface area contributed by atoms with Crippen LogP contribution in [0.3, 0.4) is 0 Å². The highest BCUT2D eigenvalue weighted by molar-refractivity contribution is 7.09. The number of hydrogen-bond acceptors (Lipinski definition) is 3. The molecule has 2 aromatic rings. The summed E-state index contributed by atoms with van der Waals surface area (Å²) in [6, 6.07) is 0. The Bertz CT molecular complexity index is 447. The van der Waals surface area contributed by atoms with Crippen LogP contribution in [0.15, 0.2) is 15.6 Å². The normalized spacial score (nSPS) is 10.6. The molecule has 0 unspecified atom stereocenters. The van der Waals surface area contributed by atoms with Crippen molar-refractivity contribution in [2.75, 3.05) is 0 Å². The molecule has 0 fully saturated rings. The van der Waals surface area contributed by atoms with E-state index in [1.807, 2.05) is 0 Å². The zero-order valence-electron chi connectivity index (χ0n) is 5.30. The smallest absolute Gasteiger partial charge is 0.267 e. The summed E-state index contributed by atoms with van der Waals surface area (Å²) in [6.45, 7) is 0. The van der Waals surface area contributed by atoms with Crippen LogP contribution >= 0.6 is 22.9 Å². The summed E-state index contributed by atoms with van der Waals surface area (Å²) in [6.07, 6.45) is 0. The van der Waals surface area contributed by atoms with Gasteiger partial charge >= 0.3 is 0 Å². The van der Waals surface area contributed by atoms with Gasteiger partial charge in [0.05, 0.1) is 5.39 Å². The van der Waals surface area contributed by atoms with E-state index in [0.29, 0.717) is 10.5 Å². The summed E-state index contributed by atoms with van der Waals surface area (Å²) in [5.74, 6) is 0. The lowest BCUT2D eigenvalue weighted by Gasteiger charge is -1.88. The number of aromatic nitrogens is 2. The van der Waals surface area contributed by atoms with Crippen LogP contribution in [0.25, 0.3) is 10.8 Å². The van der Waals surface area contributed by atoms with E-state index in [-0.39, 0.29) is 5.56 Å². The van der Waals surface area contributed by atoms with E-state index in [4.69, 9.17) is 11.6 Å². The minimum Gasteiger partial charge on any atom is -0.267 e. The van der Waals surface area contributed by atoms with E-state index in [9.17, 15) is 4.79 Å². The van der Waals surface area contributed by atoms with Gasteiger partial charge in [0.1, 0.15) is 0 Å². The number of hydrogen-bond donors (Lipinski definition) is 1. The van der Waals surface area contributed by atoms with Gasteiger partial charge in [0.25, 0.3) is 5.56 Å². The summed E-state index contributed by atoms with van der Waals surface area (Å²) in [4.78, 5) is 11.0. The van der Waals surface area contributed by atoms with E-state index in [1.165, 1.54) is 11.3 Å². The molecular formula is C6H3ClN2OS. The highest BCUT2D eigenvalue weighted by Crippen LogP contribution is 2.20. The summed E-state index contributed by atoms with van der Waals surface area (Å²) in [5.41, 5.74) is -0.189. The Labute approximate surface area is 70.6 Å². The molecule has 0 amide bonds. The second-order valence-corrected chi connectivity index (χ2v) is 3.14. The largest absolute Gasteiger partial charge is 0.272 e. The van der Waals surface area contributed by atoms with Gasteiger partial charge in [-0.25, -0.2) is 5.10 Å². The Morgan fingerprint density at radius 2 is 2.18 bits per heavy atom. The van der Waals surface area contributed by atoms with Crippen LogP contribution in [0.2, 0.25) is 5.15 Å². The van der Waals surface area contributed by atoms with Crippen molar-refractivity contribution >= 4 is 33.7 Å². The van der Waals surface area contributed by atoms with Crippen molar-refractivity contribution in [1.82, 2.24) is 10.2 Å². The van der Waals surface area contributed by atoms with Gasteiger partial charge in [0, 0.05) is 16.1 Å². The molecule has 0 aliphatic carbocycles. The zero-order chi connectivity index (χ0) is 7.84. The van der Waals surface area contributed by atoms with Gasteiger partial charge in [-0.3, -0.25) is 4.79 Å². The third-order valence-electron chi connectivity index (χ3n) is 1.38. The molecule has 0 saturated carbocycles. The third-order valence-corrected chi connectivity index (χ3v) is 2.42. The molecule has 0 radical (unpaired) electrons. The number of rotatable bonds is 0. The SMILES string of the molecule is O=c1[nH]nc(Cl)c2cscc12. The molecule has 0 atom stereocenters. The first-order valence-corrected chi connectivity index (χ1v) is 4.21. The van der Waals surface area contributed by atoms with Gasteiger partial charge in [-0.15, -0.1) is 0 Å². The summed E-state index contributed by atoms with van der Waals surface area (Å²) in [7, 11) is 0. The van der Waals surface area contributed by atoms with Crippen molar-refractivity contribution < 1.29 is 0 Å². The third kappa shape index (κ3) is 0.948. The first-order chi connectivity index (χ1) is 5.29. The number of thiophene rings is 1. The predicted molar refractivity (Wildman–Crippen MR) is 45.3 cm³/mol. The molecule has 11 heavy (non-hydrogen) atoms. The first kappa shape index (κ1) is 6.82. The number of halogens is 1. The molecular weight excluding hydrogens is 184 g/mol. The Morgan fingerprint density at radius 3 is 2.91 bits per heavy atom. The van der Waals surface area contributed by atoms with Gasteiger partial charge < -0.3 is 0 Å². The molecule has 1 N–H and O–H groups in total. The van der Waals surface area contributed by atoms with E-state index < -0.39 is 0 Å². The Balaban J connectivity index is 3.08. The summed E-state index contributed by atoms with van der Waals surface area (Å²) >= 11 is 7.13. The maximum absolute atomic E-state index is 11.0.